The molecule has 34 heavy (non-hydrogen) atoms. The van der Waals surface area contributed by atoms with Crippen molar-refractivity contribution in [3.63, 3.8) is 0 Å². The topological polar surface area (TPSA) is 126 Å². The van der Waals surface area contributed by atoms with Gasteiger partial charge in [0.2, 0.25) is 0 Å². The summed E-state index contributed by atoms with van der Waals surface area (Å²) in [7, 11) is 0. The Morgan fingerprint density at radius 1 is 1.12 bits per heavy atom. The van der Waals surface area contributed by atoms with Crippen molar-refractivity contribution < 1.29 is 14.0 Å². The standard InChI is InChI=1S/C24H22FN7O2/c25-17-6-1-2-7-18(17)30-24(34)28-13-14-4-3-5-16(12-14)29-23(33)19-20-21(26)27-10-11-32(20)22(31-19)15-8-9-15/h1-7,10-12,15H,8-9,13H2,(H2,26,27)(H,29,33)(H2,28,30,34). The number of hydrogen-bond acceptors (Lipinski definition) is 5. The monoisotopic (exact) mass is 459 g/mol. The fourth-order valence-electron chi connectivity index (χ4n) is 3.74. The first-order valence-corrected chi connectivity index (χ1v) is 10.8. The highest BCUT2D eigenvalue weighted by Gasteiger charge is 2.31. The molecule has 1 aliphatic rings. The van der Waals surface area contributed by atoms with E-state index in [1.165, 1.54) is 12.1 Å². The number of amides is 3. The number of para-hydroxylation sites is 1. The quantitative estimate of drug-likeness (QED) is 0.348. The highest BCUT2D eigenvalue weighted by molar-refractivity contribution is 6.09. The average Bonchev–Trinajstić information content (AvgIpc) is 3.59. The summed E-state index contributed by atoms with van der Waals surface area (Å²) in [5.74, 6) is 0.459. The van der Waals surface area contributed by atoms with Crippen LogP contribution in [-0.4, -0.2) is 26.3 Å². The van der Waals surface area contributed by atoms with Crippen LogP contribution in [0.5, 0.6) is 0 Å². The maximum atomic E-state index is 13.7. The number of fused-ring (bicyclic) bond motifs is 1. The molecule has 0 saturated heterocycles. The van der Waals surface area contributed by atoms with Gasteiger partial charge in [0.25, 0.3) is 5.91 Å². The molecule has 0 atom stereocenters. The summed E-state index contributed by atoms with van der Waals surface area (Å²) in [5, 5.41) is 7.99. The molecule has 1 saturated carbocycles. The van der Waals surface area contributed by atoms with Crippen LogP contribution in [0.4, 0.5) is 26.4 Å². The van der Waals surface area contributed by atoms with Crippen LogP contribution in [0.1, 0.15) is 40.6 Å². The Bertz CT molecular complexity index is 1400. The minimum Gasteiger partial charge on any atom is -0.382 e. The SMILES string of the molecule is Nc1nccn2c(C3CC3)nc(C(=O)Nc3cccc(CNC(=O)Nc4ccccc4F)c3)c12. The predicted molar refractivity (Wildman–Crippen MR) is 126 cm³/mol. The molecule has 1 fully saturated rings. The van der Waals surface area contributed by atoms with Gasteiger partial charge in [-0.3, -0.25) is 9.20 Å². The van der Waals surface area contributed by atoms with Crippen LogP contribution < -0.4 is 21.7 Å². The lowest BCUT2D eigenvalue weighted by Gasteiger charge is -2.10. The largest absolute Gasteiger partial charge is 0.382 e. The van der Waals surface area contributed by atoms with E-state index in [0.717, 1.165) is 24.2 Å². The zero-order chi connectivity index (χ0) is 23.7. The highest BCUT2D eigenvalue weighted by Crippen LogP contribution is 2.40. The third-order valence-corrected chi connectivity index (χ3v) is 5.53. The van der Waals surface area contributed by atoms with Gasteiger partial charge in [-0.05, 0) is 42.7 Å². The summed E-state index contributed by atoms with van der Waals surface area (Å²) in [6.07, 6.45) is 5.42. The van der Waals surface area contributed by atoms with E-state index < -0.39 is 17.8 Å². The van der Waals surface area contributed by atoms with Gasteiger partial charge in [0.15, 0.2) is 5.69 Å². The van der Waals surface area contributed by atoms with Crippen LogP contribution >= 0.6 is 0 Å². The molecule has 4 aromatic rings. The van der Waals surface area contributed by atoms with Gasteiger partial charge in [0.05, 0.1) is 5.69 Å². The first kappa shape index (κ1) is 21.4. The Kier molecular flexibility index (Phi) is 5.54. The van der Waals surface area contributed by atoms with E-state index in [1.807, 2.05) is 4.40 Å². The third kappa shape index (κ3) is 4.38. The maximum absolute atomic E-state index is 13.7. The van der Waals surface area contributed by atoms with Gasteiger partial charge in [-0.25, -0.2) is 19.2 Å². The zero-order valence-corrected chi connectivity index (χ0v) is 18.1. The molecule has 10 heteroatoms. The second kappa shape index (κ2) is 8.81. The molecule has 5 N–H and O–H groups in total. The summed E-state index contributed by atoms with van der Waals surface area (Å²) < 4.78 is 15.5. The van der Waals surface area contributed by atoms with Gasteiger partial charge in [-0.2, -0.15) is 0 Å². The van der Waals surface area contributed by atoms with Crippen molar-refractivity contribution in [1.29, 1.82) is 0 Å². The maximum Gasteiger partial charge on any atom is 0.319 e. The minimum atomic E-state index is -0.542. The average molecular weight is 459 g/mol. The fraction of sp³-hybridized carbons (Fsp3) is 0.167. The lowest BCUT2D eigenvalue weighted by molar-refractivity contribution is 0.102. The Labute approximate surface area is 194 Å². The smallest absolute Gasteiger partial charge is 0.319 e. The Hall–Kier alpha value is -4.47. The van der Waals surface area contributed by atoms with Crippen LogP contribution in [0.3, 0.4) is 0 Å². The van der Waals surface area contributed by atoms with Crippen molar-refractivity contribution in [2.45, 2.75) is 25.3 Å². The van der Waals surface area contributed by atoms with Gasteiger partial charge in [-0.1, -0.05) is 24.3 Å². The van der Waals surface area contributed by atoms with Gasteiger partial charge in [0.1, 0.15) is 23.0 Å². The van der Waals surface area contributed by atoms with Crippen LogP contribution in [0.2, 0.25) is 0 Å². The first-order chi connectivity index (χ1) is 16.5. The summed E-state index contributed by atoms with van der Waals surface area (Å²) in [5.41, 5.74) is 8.14. The molecule has 1 aliphatic carbocycles. The Balaban J connectivity index is 1.28. The lowest BCUT2D eigenvalue weighted by Crippen LogP contribution is -2.28. The number of rotatable bonds is 6. The summed E-state index contributed by atoms with van der Waals surface area (Å²) in [6, 6.07) is 12.4. The number of nitrogens with zero attached hydrogens (tertiary/aromatic N) is 3. The number of anilines is 3. The second-order valence-electron chi connectivity index (χ2n) is 8.07. The number of carbonyl (C=O) groups excluding carboxylic acids is 2. The van der Waals surface area contributed by atoms with E-state index in [0.29, 0.717) is 17.1 Å². The van der Waals surface area contributed by atoms with Crippen molar-refractivity contribution in [2.75, 3.05) is 16.4 Å². The molecule has 0 unspecified atom stereocenters. The van der Waals surface area contributed by atoms with E-state index >= 15 is 0 Å². The number of hydrogen-bond donors (Lipinski definition) is 4. The van der Waals surface area contributed by atoms with Crippen molar-refractivity contribution >= 4 is 34.6 Å². The number of aromatic nitrogens is 3. The molecule has 3 amide bonds. The van der Waals surface area contributed by atoms with Crippen LogP contribution in [0.25, 0.3) is 5.52 Å². The van der Waals surface area contributed by atoms with Crippen LogP contribution in [-0.2, 0) is 6.54 Å². The number of nitrogen functional groups attached to an aromatic ring is 1. The van der Waals surface area contributed by atoms with Gasteiger partial charge in [-0.15, -0.1) is 0 Å². The molecule has 9 nitrogen and oxygen atoms in total. The van der Waals surface area contributed by atoms with Gasteiger partial charge >= 0.3 is 6.03 Å². The molecule has 172 valence electrons. The summed E-state index contributed by atoms with van der Waals surface area (Å²) in [6.45, 7) is 0.181. The van der Waals surface area contributed by atoms with E-state index in [1.54, 1.807) is 48.8 Å². The van der Waals surface area contributed by atoms with Crippen LogP contribution in [0.15, 0.2) is 60.9 Å². The Morgan fingerprint density at radius 2 is 1.94 bits per heavy atom. The predicted octanol–water partition coefficient (Wildman–Crippen LogP) is 3.90. The number of carbonyl (C=O) groups is 2. The Morgan fingerprint density at radius 3 is 2.74 bits per heavy atom. The van der Waals surface area contributed by atoms with Crippen molar-refractivity contribution in [3.05, 3.63) is 83.8 Å². The number of nitrogens with one attached hydrogen (secondary N) is 3. The molecule has 0 bridgehead atoms. The van der Waals surface area contributed by atoms with Crippen molar-refractivity contribution in [1.82, 2.24) is 19.7 Å². The zero-order valence-electron chi connectivity index (χ0n) is 18.1. The molecule has 5 rings (SSSR count). The summed E-state index contributed by atoms with van der Waals surface area (Å²) in [4.78, 5) is 33.9. The number of benzene rings is 2. The highest BCUT2D eigenvalue weighted by atomic mass is 19.1. The van der Waals surface area contributed by atoms with E-state index in [2.05, 4.69) is 25.9 Å². The van der Waals surface area contributed by atoms with Crippen molar-refractivity contribution in [3.8, 4) is 0 Å². The molecule has 2 heterocycles. The fourth-order valence-corrected chi connectivity index (χ4v) is 3.74. The number of halogens is 1. The van der Waals surface area contributed by atoms with E-state index in [-0.39, 0.29) is 23.7 Å². The van der Waals surface area contributed by atoms with Crippen LogP contribution in [0, 0.1) is 5.82 Å². The number of nitrogens with two attached hydrogens (primary N) is 1. The van der Waals surface area contributed by atoms with E-state index in [4.69, 9.17) is 5.73 Å². The lowest BCUT2D eigenvalue weighted by atomic mass is 10.2. The molecule has 2 aromatic heterocycles. The second-order valence-corrected chi connectivity index (χ2v) is 8.07. The molecule has 0 spiro atoms. The normalized spacial score (nSPS) is 13.0. The minimum absolute atomic E-state index is 0.0904. The van der Waals surface area contributed by atoms with Gasteiger partial charge < -0.3 is 21.7 Å². The number of urea groups is 1. The third-order valence-electron chi connectivity index (χ3n) is 5.53. The number of imidazole rings is 1. The van der Waals surface area contributed by atoms with Gasteiger partial charge in [0, 0.05) is 30.5 Å². The molecular formula is C24H22FN7O2. The molecule has 0 radical (unpaired) electrons. The molecular weight excluding hydrogens is 437 g/mol. The van der Waals surface area contributed by atoms with E-state index in [9.17, 15) is 14.0 Å². The van der Waals surface area contributed by atoms with Crippen molar-refractivity contribution in [2.24, 2.45) is 0 Å². The first-order valence-electron chi connectivity index (χ1n) is 10.8. The molecule has 2 aromatic carbocycles. The summed E-state index contributed by atoms with van der Waals surface area (Å²) >= 11 is 0. The molecule has 0 aliphatic heterocycles.